The summed E-state index contributed by atoms with van der Waals surface area (Å²) in [7, 11) is 0. The summed E-state index contributed by atoms with van der Waals surface area (Å²) in [4.78, 5) is 29.1. The predicted octanol–water partition coefficient (Wildman–Crippen LogP) is 4.32. The van der Waals surface area contributed by atoms with E-state index in [0.717, 1.165) is 22.4 Å². The Labute approximate surface area is 205 Å². The van der Waals surface area contributed by atoms with Gasteiger partial charge < -0.3 is 10.2 Å². The van der Waals surface area contributed by atoms with Gasteiger partial charge in [0.05, 0.1) is 12.2 Å². The number of amides is 2. The lowest BCUT2D eigenvalue weighted by Crippen LogP contribution is -2.64. The molecule has 2 amide bonds. The topological polar surface area (TPSA) is 67.2 Å². The van der Waals surface area contributed by atoms with Crippen molar-refractivity contribution < 1.29 is 9.59 Å². The normalized spacial score (nSPS) is 17.2. The van der Waals surface area contributed by atoms with E-state index in [0.29, 0.717) is 25.2 Å². The summed E-state index contributed by atoms with van der Waals surface area (Å²) in [5, 5.41) is 7.76. The van der Waals surface area contributed by atoms with Crippen LogP contribution in [-0.2, 0) is 24.3 Å². The molecule has 35 heavy (non-hydrogen) atoms. The molecule has 1 aromatic heterocycles. The lowest BCUT2D eigenvalue weighted by Gasteiger charge is -2.43. The second-order valence-corrected chi connectivity index (χ2v) is 9.07. The molecule has 6 nitrogen and oxygen atoms in total. The van der Waals surface area contributed by atoms with Crippen LogP contribution >= 0.6 is 0 Å². The molecule has 176 valence electrons. The third kappa shape index (κ3) is 4.60. The molecule has 5 rings (SSSR count). The number of rotatable bonds is 7. The van der Waals surface area contributed by atoms with Gasteiger partial charge in [-0.15, -0.1) is 0 Å². The summed E-state index contributed by atoms with van der Waals surface area (Å²) in [5.74, 6) is -0.371. The monoisotopic (exact) mass is 464 g/mol. The smallest absolute Gasteiger partial charge is 0.273 e. The highest BCUT2D eigenvalue weighted by molar-refractivity contribution is 6.00. The van der Waals surface area contributed by atoms with Gasteiger partial charge in [-0.25, -0.2) is 0 Å². The highest BCUT2D eigenvalue weighted by atomic mass is 16.2. The number of fused-ring (bicyclic) bond motifs is 1. The SMILES string of the molecule is C[C@]1(C(=O)NCc2ccccc2)Cn2nc(-c3ccccc3)cc2C(=O)N1CCc1ccccc1. The van der Waals surface area contributed by atoms with Gasteiger partial charge in [0.1, 0.15) is 11.2 Å². The van der Waals surface area contributed by atoms with E-state index in [1.165, 1.54) is 0 Å². The zero-order valence-electron chi connectivity index (χ0n) is 19.7. The fraction of sp³-hybridized carbons (Fsp3) is 0.207. The van der Waals surface area contributed by atoms with E-state index in [4.69, 9.17) is 5.10 Å². The number of carbonyl (C=O) groups is 2. The summed E-state index contributed by atoms with van der Waals surface area (Å²) in [6.45, 7) is 2.96. The zero-order valence-corrected chi connectivity index (χ0v) is 19.7. The molecule has 2 heterocycles. The van der Waals surface area contributed by atoms with Crippen molar-refractivity contribution in [1.29, 1.82) is 0 Å². The van der Waals surface area contributed by atoms with Crippen molar-refractivity contribution in [3.8, 4) is 11.3 Å². The van der Waals surface area contributed by atoms with Crippen molar-refractivity contribution >= 4 is 11.8 Å². The van der Waals surface area contributed by atoms with Crippen molar-refractivity contribution in [3.05, 3.63) is 114 Å². The standard InChI is InChI=1S/C29H28N4O2/c1-29(28(35)30-20-23-13-7-3-8-14-23)21-33-26(19-25(31-33)24-15-9-4-10-16-24)27(34)32(29)18-17-22-11-5-2-6-12-22/h2-16,19H,17-18,20-21H2,1H3,(H,30,35)/t29-/m1/s1. The summed E-state index contributed by atoms with van der Waals surface area (Å²) >= 11 is 0. The zero-order chi connectivity index (χ0) is 24.3. The van der Waals surface area contributed by atoms with E-state index in [1.807, 2.05) is 104 Å². The maximum atomic E-state index is 13.8. The molecule has 6 heteroatoms. The van der Waals surface area contributed by atoms with Crippen molar-refractivity contribution in [3.63, 3.8) is 0 Å². The molecular weight excluding hydrogens is 436 g/mol. The molecule has 1 aliphatic rings. The lowest BCUT2D eigenvalue weighted by atomic mass is 9.94. The molecular formula is C29H28N4O2. The Morgan fingerprint density at radius 2 is 1.51 bits per heavy atom. The van der Waals surface area contributed by atoms with Gasteiger partial charge in [0.15, 0.2) is 0 Å². The quantitative estimate of drug-likeness (QED) is 0.443. The van der Waals surface area contributed by atoms with Crippen LogP contribution in [0.25, 0.3) is 11.3 Å². The van der Waals surface area contributed by atoms with Crippen molar-refractivity contribution in [2.45, 2.75) is 32.0 Å². The first-order valence-electron chi connectivity index (χ1n) is 11.9. The van der Waals surface area contributed by atoms with Gasteiger partial charge in [-0.1, -0.05) is 91.0 Å². The molecule has 0 bridgehead atoms. The number of hydrogen-bond acceptors (Lipinski definition) is 3. The molecule has 3 aromatic carbocycles. The highest BCUT2D eigenvalue weighted by Crippen LogP contribution is 2.30. The number of nitrogens with zero attached hydrogens (tertiary/aromatic N) is 3. The van der Waals surface area contributed by atoms with Crippen molar-refractivity contribution in [2.24, 2.45) is 0 Å². The minimum atomic E-state index is -1.08. The Morgan fingerprint density at radius 3 is 2.17 bits per heavy atom. The second kappa shape index (κ2) is 9.58. The van der Waals surface area contributed by atoms with Gasteiger partial charge in [0, 0.05) is 18.7 Å². The van der Waals surface area contributed by atoms with Crippen LogP contribution in [-0.4, -0.2) is 38.6 Å². The molecule has 1 N–H and O–H groups in total. The van der Waals surface area contributed by atoms with Gasteiger partial charge in [0.25, 0.3) is 5.91 Å². The first-order valence-corrected chi connectivity index (χ1v) is 11.9. The van der Waals surface area contributed by atoms with Gasteiger partial charge in [-0.3, -0.25) is 14.3 Å². The van der Waals surface area contributed by atoms with E-state index in [2.05, 4.69) is 5.32 Å². The van der Waals surface area contributed by atoms with Crippen LogP contribution in [0.5, 0.6) is 0 Å². The first kappa shape index (κ1) is 22.6. The molecule has 0 fully saturated rings. The van der Waals surface area contributed by atoms with Crippen LogP contribution in [0.3, 0.4) is 0 Å². The summed E-state index contributed by atoms with van der Waals surface area (Å²) in [6, 6.07) is 31.4. The van der Waals surface area contributed by atoms with Crippen LogP contribution in [0.15, 0.2) is 97.1 Å². The molecule has 0 saturated heterocycles. The molecule has 1 atom stereocenters. The molecule has 1 aliphatic heterocycles. The molecule has 4 aromatic rings. The summed E-state index contributed by atoms with van der Waals surface area (Å²) in [6.07, 6.45) is 0.661. The fourth-order valence-corrected chi connectivity index (χ4v) is 4.60. The Balaban J connectivity index is 1.45. The molecule has 0 saturated carbocycles. The van der Waals surface area contributed by atoms with E-state index in [9.17, 15) is 9.59 Å². The number of benzene rings is 3. The number of aromatic nitrogens is 2. The molecule has 0 unspecified atom stereocenters. The number of carbonyl (C=O) groups excluding carboxylic acids is 2. The van der Waals surface area contributed by atoms with Crippen molar-refractivity contribution in [2.75, 3.05) is 6.54 Å². The minimum Gasteiger partial charge on any atom is -0.350 e. The fourth-order valence-electron chi connectivity index (χ4n) is 4.60. The van der Waals surface area contributed by atoms with Gasteiger partial charge in [0.2, 0.25) is 5.91 Å². The average Bonchev–Trinajstić information content (AvgIpc) is 3.33. The van der Waals surface area contributed by atoms with Crippen LogP contribution in [0, 0.1) is 0 Å². The Morgan fingerprint density at radius 1 is 0.914 bits per heavy atom. The predicted molar refractivity (Wildman–Crippen MR) is 136 cm³/mol. The van der Waals surface area contributed by atoms with Crippen LogP contribution < -0.4 is 5.32 Å². The van der Waals surface area contributed by atoms with E-state index in [1.54, 1.807) is 9.58 Å². The van der Waals surface area contributed by atoms with Gasteiger partial charge >= 0.3 is 0 Å². The highest BCUT2D eigenvalue weighted by Gasteiger charge is 2.47. The maximum Gasteiger partial charge on any atom is 0.273 e. The second-order valence-electron chi connectivity index (χ2n) is 9.07. The number of nitrogens with one attached hydrogen (secondary N) is 1. The third-order valence-corrected chi connectivity index (χ3v) is 6.62. The molecule has 0 spiro atoms. The van der Waals surface area contributed by atoms with Gasteiger partial charge in [-0.05, 0) is 30.5 Å². The van der Waals surface area contributed by atoms with E-state index >= 15 is 0 Å². The van der Waals surface area contributed by atoms with Crippen molar-refractivity contribution in [1.82, 2.24) is 20.0 Å². The minimum absolute atomic E-state index is 0.181. The molecule has 0 aliphatic carbocycles. The summed E-state index contributed by atoms with van der Waals surface area (Å²) in [5.41, 5.74) is 3.22. The lowest BCUT2D eigenvalue weighted by molar-refractivity contribution is -0.133. The Bertz CT molecular complexity index is 1320. The van der Waals surface area contributed by atoms with Gasteiger partial charge in [-0.2, -0.15) is 5.10 Å². The van der Waals surface area contributed by atoms with Crippen LogP contribution in [0.4, 0.5) is 0 Å². The maximum absolute atomic E-state index is 13.8. The number of hydrogen-bond donors (Lipinski definition) is 1. The van der Waals surface area contributed by atoms with E-state index in [-0.39, 0.29) is 18.4 Å². The molecule has 0 radical (unpaired) electrons. The Hall–Kier alpha value is -4.19. The largest absolute Gasteiger partial charge is 0.350 e. The van der Waals surface area contributed by atoms with Crippen LogP contribution in [0.2, 0.25) is 0 Å². The summed E-state index contributed by atoms with van der Waals surface area (Å²) < 4.78 is 1.69. The third-order valence-electron chi connectivity index (χ3n) is 6.62. The average molecular weight is 465 g/mol. The van der Waals surface area contributed by atoms with E-state index < -0.39 is 5.54 Å². The first-order chi connectivity index (χ1) is 17.0. The Kier molecular flexibility index (Phi) is 6.19. The van der Waals surface area contributed by atoms with Crippen LogP contribution in [0.1, 0.15) is 28.5 Å².